The van der Waals surface area contributed by atoms with Gasteiger partial charge < -0.3 is 4.90 Å². The van der Waals surface area contributed by atoms with Gasteiger partial charge in [0.25, 0.3) is 10.1 Å². The third kappa shape index (κ3) is 3.80. The number of aryl methyl sites for hydroxylation is 1. The molecule has 1 aromatic rings. The fraction of sp³-hybridized carbons (Fsp3) is 0.500. The molecule has 1 heterocycles. The number of likely N-dealkylation sites (tertiary alicyclic amines) is 1. The molecule has 2 rings (SSSR count). The molecule has 110 valence electrons. The maximum Gasteiger partial charge on any atom is 0.296 e. The molecule has 6 heteroatoms. The molecule has 1 aliphatic heterocycles. The van der Waals surface area contributed by atoms with Crippen molar-refractivity contribution in [1.29, 1.82) is 0 Å². The third-order valence-electron chi connectivity index (χ3n) is 3.29. The van der Waals surface area contributed by atoms with Gasteiger partial charge >= 0.3 is 0 Å². The Balaban J connectivity index is 1.80. The topological polar surface area (TPSA) is 63.7 Å². The van der Waals surface area contributed by atoms with Gasteiger partial charge in [-0.25, -0.2) is 0 Å². The molecule has 0 bridgehead atoms. The second kappa shape index (κ2) is 6.37. The van der Waals surface area contributed by atoms with Crippen LogP contribution in [0.4, 0.5) is 0 Å². The summed E-state index contributed by atoms with van der Waals surface area (Å²) in [6.07, 6.45) is 2.01. The van der Waals surface area contributed by atoms with Crippen LogP contribution in [0.2, 0.25) is 0 Å². The van der Waals surface area contributed by atoms with Crippen LogP contribution in [0.25, 0.3) is 0 Å². The van der Waals surface area contributed by atoms with Crippen LogP contribution in [0, 0.1) is 6.92 Å². The number of carbonyl (C=O) groups excluding carboxylic acids is 1. The van der Waals surface area contributed by atoms with E-state index < -0.39 is 10.1 Å². The zero-order chi connectivity index (χ0) is 14.6. The molecule has 0 saturated carbocycles. The predicted molar refractivity (Wildman–Crippen MR) is 74.7 cm³/mol. The minimum atomic E-state index is -3.69. The van der Waals surface area contributed by atoms with Crippen molar-refractivity contribution >= 4 is 16.0 Å². The second-order valence-electron chi connectivity index (χ2n) is 4.93. The molecule has 0 aromatic heterocycles. The predicted octanol–water partition coefficient (Wildman–Crippen LogP) is 1.71. The summed E-state index contributed by atoms with van der Waals surface area (Å²) in [6.45, 7) is 3.32. The number of benzene rings is 1. The number of rotatable bonds is 6. The van der Waals surface area contributed by atoms with Crippen molar-refractivity contribution in [3.8, 4) is 0 Å². The minimum absolute atomic E-state index is 0.0972. The molecule has 5 nitrogen and oxygen atoms in total. The first-order valence-corrected chi connectivity index (χ1v) is 8.14. The molecule has 0 aliphatic carbocycles. The zero-order valence-electron chi connectivity index (χ0n) is 11.5. The van der Waals surface area contributed by atoms with E-state index in [0.717, 1.165) is 18.5 Å². The lowest BCUT2D eigenvalue weighted by atomic mass is 10.2. The van der Waals surface area contributed by atoms with Crippen LogP contribution in [0.5, 0.6) is 0 Å². The van der Waals surface area contributed by atoms with Crippen LogP contribution in [-0.2, 0) is 19.1 Å². The van der Waals surface area contributed by atoms with E-state index in [2.05, 4.69) is 0 Å². The van der Waals surface area contributed by atoms with Crippen molar-refractivity contribution in [2.45, 2.75) is 31.1 Å². The molecule has 0 spiro atoms. The normalized spacial score (nSPS) is 15.8. The standard InChI is InChI=1S/C14H19NO4S/c1-12-5-7-13(8-6-12)20(17,18)19-11-3-10-15-9-2-4-14(15)16/h5-8H,2-4,9-11H2,1H3. The minimum Gasteiger partial charge on any atom is -0.343 e. The van der Waals surface area contributed by atoms with Crippen molar-refractivity contribution < 1.29 is 17.4 Å². The highest BCUT2D eigenvalue weighted by Gasteiger charge is 2.20. The van der Waals surface area contributed by atoms with Gasteiger partial charge in [-0.1, -0.05) is 17.7 Å². The van der Waals surface area contributed by atoms with Crippen LogP contribution in [0.1, 0.15) is 24.8 Å². The fourth-order valence-electron chi connectivity index (χ4n) is 2.14. The summed E-state index contributed by atoms with van der Waals surface area (Å²) in [5.41, 5.74) is 0.997. The van der Waals surface area contributed by atoms with Crippen LogP contribution in [0.15, 0.2) is 29.2 Å². The van der Waals surface area contributed by atoms with E-state index >= 15 is 0 Å². The highest BCUT2D eigenvalue weighted by atomic mass is 32.2. The van der Waals surface area contributed by atoms with Gasteiger partial charge in [0.2, 0.25) is 5.91 Å². The Morgan fingerprint density at radius 3 is 2.55 bits per heavy atom. The fourth-order valence-corrected chi connectivity index (χ4v) is 3.08. The first-order chi connectivity index (χ1) is 9.49. The summed E-state index contributed by atoms with van der Waals surface area (Å²) in [6, 6.07) is 6.54. The van der Waals surface area contributed by atoms with Gasteiger partial charge in [-0.15, -0.1) is 0 Å². The van der Waals surface area contributed by atoms with E-state index in [1.54, 1.807) is 17.0 Å². The molecule has 1 aliphatic rings. The smallest absolute Gasteiger partial charge is 0.296 e. The lowest BCUT2D eigenvalue weighted by molar-refractivity contribution is -0.127. The Morgan fingerprint density at radius 1 is 1.25 bits per heavy atom. The molecule has 0 N–H and O–H groups in total. The van der Waals surface area contributed by atoms with Gasteiger partial charge in [0.05, 0.1) is 11.5 Å². The highest BCUT2D eigenvalue weighted by molar-refractivity contribution is 7.86. The molecule has 1 amide bonds. The molecule has 0 unspecified atom stereocenters. The maximum absolute atomic E-state index is 11.9. The number of hydrogen-bond donors (Lipinski definition) is 0. The van der Waals surface area contributed by atoms with Gasteiger partial charge in [-0.05, 0) is 31.9 Å². The third-order valence-corrected chi connectivity index (χ3v) is 4.62. The van der Waals surface area contributed by atoms with Crippen molar-refractivity contribution in [2.75, 3.05) is 19.7 Å². The molecule has 1 fully saturated rings. The first-order valence-electron chi connectivity index (χ1n) is 6.73. The van der Waals surface area contributed by atoms with E-state index in [1.165, 1.54) is 12.1 Å². The summed E-state index contributed by atoms with van der Waals surface area (Å²) >= 11 is 0. The Bertz CT molecular complexity index is 565. The van der Waals surface area contributed by atoms with Gasteiger partial charge in [0, 0.05) is 19.5 Å². The molecular formula is C14H19NO4S. The van der Waals surface area contributed by atoms with Crippen LogP contribution in [-0.4, -0.2) is 38.9 Å². The van der Waals surface area contributed by atoms with E-state index in [-0.39, 0.29) is 17.4 Å². The first kappa shape index (κ1) is 15.0. The Hall–Kier alpha value is -1.40. The Labute approximate surface area is 119 Å². The van der Waals surface area contributed by atoms with Crippen molar-refractivity contribution in [3.05, 3.63) is 29.8 Å². The van der Waals surface area contributed by atoms with Crippen LogP contribution in [0.3, 0.4) is 0 Å². The van der Waals surface area contributed by atoms with Crippen LogP contribution >= 0.6 is 0 Å². The van der Waals surface area contributed by atoms with Crippen molar-refractivity contribution in [2.24, 2.45) is 0 Å². The van der Waals surface area contributed by atoms with Crippen molar-refractivity contribution in [1.82, 2.24) is 4.90 Å². The number of amides is 1. The zero-order valence-corrected chi connectivity index (χ0v) is 12.4. The number of hydrogen-bond acceptors (Lipinski definition) is 4. The average Bonchev–Trinajstić information content (AvgIpc) is 2.81. The van der Waals surface area contributed by atoms with E-state index in [1.807, 2.05) is 6.92 Å². The summed E-state index contributed by atoms with van der Waals surface area (Å²) in [7, 11) is -3.69. The second-order valence-corrected chi connectivity index (χ2v) is 6.54. The largest absolute Gasteiger partial charge is 0.343 e. The van der Waals surface area contributed by atoms with Crippen molar-refractivity contribution in [3.63, 3.8) is 0 Å². The average molecular weight is 297 g/mol. The van der Waals surface area contributed by atoms with Gasteiger partial charge in [0.15, 0.2) is 0 Å². The summed E-state index contributed by atoms with van der Waals surface area (Å²) in [4.78, 5) is 13.3. The molecular weight excluding hydrogens is 278 g/mol. The molecule has 1 saturated heterocycles. The van der Waals surface area contributed by atoms with E-state index in [4.69, 9.17) is 4.18 Å². The Morgan fingerprint density at radius 2 is 1.95 bits per heavy atom. The summed E-state index contributed by atoms with van der Waals surface area (Å²) in [5, 5.41) is 0. The summed E-state index contributed by atoms with van der Waals surface area (Å²) in [5.74, 6) is 0.145. The highest BCUT2D eigenvalue weighted by Crippen LogP contribution is 2.14. The van der Waals surface area contributed by atoms with Gasteiger partial charge in [0.1, 0.15) is 0 Å². The van der Waals surface area contributed by atoms with Crippen LogP contribution < -0.4 is 0 Å². The molecule has 0 atom stereocenters. The van der Waals surface area contributed by atoms with Gasteiger partial charge in [-0.3, -0.25) is 8.98 Å². The lowest BCUT2D eigenvalue weighted by Gasteiger charge is -2.14. The molecule has 1 aromatic carbocycles. The molecule has 0 radical (unpaired) electrons. The van der Waals surface area contributed by atoms with E-state index in [0.29, 0.717) is 19.4 Å². The number of carbonyl (C=O) groups is 1. The maximum atomic E-state index is 11.9. The van der Waals surface area contributed by atoms with E-state index in [9.17, 15) is 13.2 Å². The Kier molecular flexibility index (Phi) is 4.77. The summed E-state index contributed by atoms with van der Waals surface area (Å²) < 4.78 is 28.8. The SMILES string of the molecule is Cc1ccc(S(=O)(=O)OCCCN2CCCC2=O)cc1. The monoisotopic (exact) mass is 297 g/mol. The quantitative estimate of drug-likeness (QED) is 0.592. The lowest BCUT2D eigenvalue weighted by Crippen LogP contribution is -2.26. The van der Waals surface area contributed by atoms with Gasteiger partial charge in [-0.2, -0.15) is 8.42 Å². The number of nitrogens with zero attached hydrogens (tertiary/aromatic N) is 1. The molecule has 20 heavy (non-hydrogen) atoms.